The number of piperazine rings is 1. The van der Waals surface area contributed by atoms with Gasteiger partial charge in [-0.05, 0) is 37.5 Å². The van der Waals surface area contributed by atoms with Crippen LogP contribution in [0.1, 0.15) is 59.8 Å². The molecule has 0 aromatic rings. The summed E-state index contributed by atoms with van der Waals surface area (Å²) < 4.78 is 0. The van der Waals surface area contributed by atoms with Gasteiger partial charge >= 0.3 is 0 Å². The number of hydrogen-bond acceptors (Lipinski definition) is 2. The Labute approximate surface area is 114 Å². The van der Waals surface area contributed by atoms with Gasteiger partial charge in [0.1, 0.15) is 0 Å². The molecule has 0 aromatic heterocycles. The van der Waals surface area contributed by atoms with Gasteiger partial charge in [0.15, 0.2) is 0 Å². The molecule has 1 aliphatic heterocycles. The highest BCUT2D eigenvalue weighted by molar-refractivity contribution is 4.96. The van der Waals surface area contributed by atoms with Crippen LogP contribution in [0.2, 0.25) is 0 Å². The van der Waals surface area contributed by atoms with Crippen LogP contribution in [-0.2, 0) is 0 Å². The molecule has 0 aromatic carbocycles. The zero-order valence-corrected chi connectivity index (χ0v) is 12.8. The van der Waals surface area contributed by atoms with Gasteiger partial charge in [-0.25, -0.2) is 0 Å². The molecule has 0 radical (unpaired) electrons. The molecule has 2 heteroatoms. The van der Waals surface area contributed by atoms with Crippen LogP contribution in [0.25, 0.3) is 0 Å². The first kappa shape index (κ1) is 14.3. The predicted octanol–water partition coefficient (Wildman–Crippen LogP) is 3.27. The molecule has 1 N–H and O–H groups in total. The third-order valence-electron chi connectivity index (χ3n) is 4.95. The molecule has 0 amide bonds. The van der Waals surface area contributed by atoms with Crippen LogP contribution in [0.5, 0.6) is 0 Å². The van der Waals surface area contributed by atoms with Crippen LogP contribution >= 0.6 is 0 Å². The third kappa shape index (κ3) is 3.27. The summed E-state index contributed by atoms with van der Waals surface area (Å²) in [7, 11) is 0. The Hall–Kier alpha value is -0.0800. The van der Waals surface area contributed by atoms with Crippen molar-refractivity contribution in [3.8, 4) is 0 Å². The van der Waals surface area contributed by atoms with Crippen molar-refractivity contribution in [3.63, 3.8) is 0 Å². The second-order valence-electron chi connectivity index (χ2n) is 6.71. The smallest absolute Gasteiger partial charge is 0.0247 e. The summed E-state index contributed by atoms with van der Waals surface area (Å²) in [4.78, 5) is 2.85. The highest BCUT2D eigenvalue weighted by Crippen LogP contribution is 2.35. The number of nitrogens with one attached hydrogen (secondary N) is 1. The number of rotatable bonds is 6. The average Bonchev–Trinajstić information content (AvgIpc) is 3.19. The average molecular weight is 252 g/mol. The standard InChI is InChI=1S/C16H32N2/c1-5-7-14(6-2)18-11-15(13-8-9-13)17-10-16(18)12(3)4/h12-17H,5-11H2,1-4H3. The van der Waals surface area contributed by atoms with Crippen LogP contribution < -0.4 is 5.32 Å². The zero-order valence-electron chi connectivity index (χ0n) is 12.8. The molecule has 2 nitrogen and oxygen atoms in total. The van der Waals surface area contributed by atoms with Crippen LogP contribution in [0, 0.1) is 11.8 Å². The largest absolute Gasteiger partial charge is 0.311 e. The lowest BCUT2D eigenvalue weighted by molar-refractivity contribution is 0.0449. The molecule has 2 fully saturated rings. The summed E-state index contributed by atoms with van der Waals surface area (Å²) in [6.45, 7) is 12.0. The lowest BCUT2D eigenvalue weighted by Gasteiger charge is -2.46. The van der Waals surface area contributed by atoms with E-state index in [1.54, 1.807) is 0 Å². The van der Waals surface area contributed by atoms with E-state index in [4.69, 9.17) is 0 Å². The molecule has 1 saturated heterocycles. The quantitative estimate of drug-likeness (QED) is 0.780. The summed E-state index contributed by atoms with van der Waals surface area (Å²) in [5.74, 6) is 1.75. The SMILES string of the molecule is CCCC(CC)N1CC(C2CC2)NCC1C(C)C. The van der Waals surface area contributed by atoms with Gasteiger partial charge in [0.05, 0.1) is 0 Å². The van der Waals surface area contributed by atoms with E-state index in [1.807, 2.05) is 0 Å². The molecule has 2 aliphatic rings. The van der Waals surface area contributed by atoms with E-state index >= 15 is 0 Å². The topological polar surface area (TPSA) is 15.3 Å². The van der Waals surface area contributed by atoms with Gasteiger partial charge < -0.3 is 5.32 Å². The van der Waals surface area contributed by atoms with Crippen molar-refractivity contribution in [1.82, 2.24) is 10.2 Å². The first-order valence-corrected chi connectivity index (χ1v) is 8.16. The van der Waals surface area contributed by atoms with Crippen molar-refractivity contribution in [2.45, 2.75) is 77.9 Å². The molecule has 18 heavy (non-hydrogen) atoms. The Morgan fingerprint density at radius 2 is 1.94 bits per heavy atom. The summed E-state index contributed by atoms with van der Waals surface area (Å²) in [5, 5.41) is 3.82. The number of hydrogen-bond donors (Lipinski definition) is 1. The highest BCUT2D eigenvalue weighted by Gasteiger charge is 2.39. The molecule has 3 atom stereocenters. The molecular formula is C16H32N2. The third-order valence-corrected chi connectivity index (χ3v) is 4.95. The molecule has 0 bridgehead atoms. The maximum Gasteiger partial charge on any atom is 0.0247 e. The van der Waals surface area contributed by atoms with Crippen LogP contribution in [-0.4, -0.2) is 36.1 Å². The van der Waals surface area contributed by atoms with E-state index in [1.165, 1.54) is 45.2 Å². The monoisotopic (exact) mass is 252 g/mol. The predicted molar refractivity (Wildman–Crippen MR) is 78.8 cm³/mol. The summed E-state index contributed by atoms with van der Waals surface area (Å²) in [6, 6.07) is 2.34. The molecular weight excluding hydrogens is 220 g/mol. The minimum absolute atomic E-state index is 0.747. The van der Waals surface area contributed by atoms with Crippen molar-refractivity contribution in [2.24, 2.45) is 11.8 Å². The fraction of sp³-hybridized carbons (Fsp3) is 1.00. The molecule has 1 heterocycles. The Morgan fingerprint density at radius 1 is 1.22 bits per heavy atom. The Balaban J connectivity index is 2.02. The maximum absolute atomic E-state index is 3.82. The van der Waals surface area contributed by atoms with Gasteiger partial charge in [-0.3, -0.25) is 4.90 Å². The van der Waals surface area contributed by atoms with Crippen molar-refractivity contribution in [3.05, 3.63) is 0 Å². The normalized spacial score (nSPS) is 31.8. The fourth-order valence-electron chi connectivity index (χ4n) is 3.61. The molecule has 3 unspecified atom stereocenters. The van der Waals surface area contributed by atoms with E-state index in [9.17, 15) is 0 Å². The number of nitrogens with zero attached hydrogens (tertiary/aromatic N) is 1. The molecule has 1 aliphatic carbocycles. The fourth-order valence-corrected chi connectivity index (χ4v) is 3.61. The highest BCUT2D eigenvalue weighted by atomic mass is 15.3. The Morgan fingerprint density at radius 3 is 2.44 bits per heavy atom. The zero-order chi connectivity index (χ0) is 13.1. The molecule has 0 spiro atoms. The second kappa shape index (κ2) is 6.38. The minimum Gasteiger partial charge on any atom is -0.311 e. The van der Waals surface area contributed by atoms with Crippen molar-refractivity contribution in [1.29, 1.82) is 0 Å². The molecule has 106 valence electrons. The minimum atomic E-state index is 0.747. The molecule has 2 rings (SSSR count). The van der Waals surface area contributed by atoms with Crippen LogP contribution in [0.15, 0.2) is 0 Å². The van der Waals surface area contributed by atoms with E-state index in [0.29, 0.717) is 0 Å². The van der Waals surface area contributed by atoms with E-state index < -0.39 is 0 Å². The second-order valence-corrected chi connectivity index (χ2v) is 6.71. The van der Waals surface area contributed by atoms with Crippen LogP contribution in [0.4, 0.5) is 0 Å². The molecule has 1 saturated carbocycles. The van der Waals surface area contributed by atoms with Gasteiger partial charge in [-0.1, -0.05) is 34.1 Å². The lowest BCUT2D eigenvalue weighted by atomic mass is 9.93. The maximum atomic E-state index is 3.82. The summed E-state index contributed by atoms with van der Waals surface area (Å²) >= 11 is 0. The van der Waals surface area contributed by atoms with Crippen molar-refractivity contribution in [2.75, 3.05) is 13.1 Å². The van der Waals surface area contributed by atoms with Gasteiger partial charge in [0.2, 0.25) is 0 Å². The van der Waals surface area contributed by atoms with Gasteiger partial charge in [-0.15, -0.1) is 0 Å². The lowest BCUT2D eigenvalue weighted by Crippen LogP contribution is -2.61. The van der Waals surface area contributed by atoms with Crippen molar-refractivity contribution >= 4 is 0 Å². The first-order valence-electron chi connectivity index (χ1n) is 8.16. The summed E-state index contributed by atoms with van der Waals surface area (Å²) in [5.41, 5.74) is 0. The van der Waals surface area contributed by atoms with E-state index in [0.717, 1.165) is 30.0 Å². The van der Waals surface area contributed by atoms with Gasteiger partial charge in [0.25, 0.3) is 0 Å². The van der Waals surface area contributed by atoms with Gasteiger partial charge in [-0.2, -0.15) is 0 Å². The Kier molecular flexibility index (Phi) is 5.08. The van der Waals surface area contributed by atoms with Crippen LogP contribution in [0.3, 0.4) is 0 Å². The van der Waals surface area contributed by atoms with Gasteiger partial charge in [0, 0.05) is 31.2 Å². The Bertz CT molecular complexity index is 247. The van der Waals surface area contributed by atoms with E-state index in [2.05, 4.69) is 37.9 Å². The summed E-state index contributed by atoms with van der Waals surface area (Å²) in [6.07, 6.45) is 6.93. The van der Waals surface area contributed by atoms with Crippen molar-refractivity contribution < 1.29 is 0 Å². The first-order chi connectivity index (χ1) is 8.67. The van der Waals surface area contributed by atoms with E-state index in [-0.39, 0.29) is 0 Å².